The van der Waals surface area contributed by atoms with Crippen LogP contribution >= 0.6 is 0 Å². The summed E-state index contributed by atoms with van der Waals surface area (Å²) in [5, 5.41) is 10.6. The Balaban J connectivity index is 1.28. The van der Waals surface area contributed by atoms with Crippen molar-refractivity contribution in [2.45, 2.75) is 43.9 Å². The van der Waals surface area contributed by atoms with E-state index in [1.165, 1.54) is 29.3 Å². The highest BCUT2D eigenvalue weighted by Gasteiger charge is 2.27. The lowest BCUT2D eigenvalue weighted by Crippen LogP contribution is -2.35. The van der Waals surface area contributed by atoms with Crippen molar-refractivity contribution in [1.82, 2.24) is 24.7 Å². The topological polar surface area (TPSA) is 109 Å². The molecule has 0 aliphatic carbocycles. The second-order valence-electron chi connectivity index (χ2n) is 8.68. The van der Waals surface area contributed by atoms with E-state index in [4.69, 9.17) is 4.42 Å². The van der Waals surface area contributed by atoms with E-state index in [1.807, 2.05) is 0 Å². The third-order valence-electron chi connectivity index (χ3n) is 6.24. The quantitative estimate of drug-likeness (QED) is 0.601. The van der Waals surface area contributed by atoms with Crippen LogP contribution in [0.3, 0.4) is 0 Å². The minimum atomic E-state index is -3.47. The first-order valence-corrected chi connectivity index (χ1v) is 12.8. The molecular formula is C22H31N5O4S. The molecule has 0 bridgehead atoms. The van der Waals surface area contributed by atoms with Gasteiger partial charge in [-0.15, -0.1) is 10.2 Å². The van der Waals surface area contributed by atoms with Crippen LogP contribution in [0.25, 0.3) is 11.5 Å². The van der Waals surface area contributed by atoms with Crippen LogP contribution in [0.5, 0.6) is 0 Å². The van der Waals surface area contributed by atoms with Gasteiger partial charge in [-0.25, -0.2) is 8.42 Å². The second kappa shape index (κ2) is 10.1. The number of carbonyl (C=O) groups is 1. The van der Waals surface area contributed by atoms with Crippen molar-refractivity contribution in [2.24, 2.45) is 5.92 Å². The molecular weight excluding hydrogens is 430 g/mol. The largest absolute Gasteiger partial charge is 0.412 e. The van der Waals surface area contributed by atoms with Crippen LogP contribution in [0, 0.1) is 5.92 Å². The molecule has 2 aliphatic heterocycles. The summed E-state index contributed by atoms with van der Waals surface area (Å²) >= 11 is 0. The number of amides is 1. The Morgan fingerprint density at radius 3 is 2.47 bits per heavy atom. The summed E-state index contributed by atoms with van der Waals surface area (Å²) in [7, 11) is -3.47. The van der Waals surface area contributed by atoms with Crippen LogP contribution in [0.15, 0.2) is 33.6 Å². The average molecular weight is 462 g/mol. The van der Waals surface area contributed by atoms with Crippen LogP contribution in [0.1, 0.15) is 49.7 Å². The lowest BCUT2D eigenvalue weighted by Gasteiger charge is -2.30. The van der Waals surface area contributed by atoms with E-state index in [9.17, 15) is 13.2 Å². The average Bonchev–Trinajstić information content (AvgIpc) is 3.51. The first-order chi connectivity index (χ1) is 15.4. The van der Waals surface area contributed by atoms with Crippen molar-refractivity contribution in [2.75, 3.05) is 39.3 Å². The van der Waals surface area contributed by atoms with Gasteiger partial charge in [-0.3, -0.25) is 4.79 Å². The number of aromatic nitrogens is 2. The Bertz CT molecular complexity index is 1010. The molecule has 1 amide bonds. The van der Waals surface area contributed by atoms with E-state index in [2.05, 4.69) is 27.3 Å². The number of nitrogens with one attached hydrogen (secondary N) is 1. The normalized spacial score (nSPS) is 18.8. The molecule has 4 rings (SSSR count). The van der Waals surface area contributed by atoms with Gasteiger partial charge in [-0.2, -0.15) is 4.31 Å². The zero-order valence-electron chi connectivity index (χ0n) is 18.5. The van der Waals surface area contributed by atoms with Gasteiger partial charge < -0.3 is 14.6 Å². The fourth-order valence-corrected chi connectivity index (χ4v) is 5.66. The van der Waals surface area contributed by atoms with E-state index in [1.54, 1.807) is 12.1 Å². The number of hydrogen-bond donors (Lipinski definition) is 1. The lowest BCUT2D eigenvalue weighted by atomic mass is 9.99. The maximum absolute atomic E-state index is 12.6. The Morgan fingerprint density at radius 1 is 1.09 bits per heavy atom. The molecule has 32 heavy (non-hydrogen) atoms. The molecule has 1 aromatic heterocycles. The van der Waals surface area contributed by atoms with Crippen LogP contribution < -0.4 is 5.32 Å². The van der Waals surface area contributed by atoms with Gasteiger partial charge >= 0.3 is 11.8 Å². The molecule has 10 heteroatoms. The number of piperidine rings is 1. The standard InChI is InChI=1S/C22H31N5O4S/c1-17-9-15-26(16-10-17)12-4-11-23-20(28)22-25-24-21(31-22)18-5-7-19(8-6-18)32(29,30)27-13-2-3-14-27/h5-8,17H,2-4,9-16H2,1H3,(H,23,28). The van der Waals surface area contributed by atoms with Gasteiger partial charge in [0.15, 0.2) is 0 Å². The van der Waals surface area contributed by atoms with Gasteiger partial charge in [-0.05, 0) is 81.9 Å². The predicted molar refractivity (Wildman–Crippen MR) is 120 cm³/mol. The molecule has 174 valence electrons. The molecule has 2 aromatic rings. The van der Waals surface area contributed by atoms with E-state index in [0.29, 0.717) is 25.2 Å². The number of carbonyl (C=O) groups excluding carboxylic acids is 1. The van der Waals surface area contributed by atoms with E-state index in [0.717, 1.165) is 44.8 Å². The lowest BCUT2D eigenvalue weighted by molar-refractivity contribution is 0.0916. The highest BCUT2D eigenvalue weighted by Crippen LogP contribution is 2.24. The van der Waals surface area contributed by atoms with Gasteiger partial charge in [-0.1, -0.05) is 6.92 Å². The third-order valence-corrected chi connectivity index (χ3v) is 8.15. The summed E-state index contributed by atoms with van der Waals surface area (Å²) in [5.74, 6) is 0.496. The molecule has 2 aliphatic rings. The molecule has 1 aromatic carbocycles. The zero-order valence-corrected chi connectivity index (χ0v) is 19.3. The monoisotopic (exact) mass is 461 g/mol. The highest BCUT2D eigenvalue weighted by atomic mass is 32.2. The molecule has 2 saturated heterocycles. The van der Waals surface area contributed by atoms with Crippen molar-refractivity contribution in [3.8, 4) is 11.5 Å². The van der Waals surface area contributed by atoms with Gasteiger partial charge in [0.1, 0.15) is 0 Å². The van der Waals surface area contributed by atoms with Crippen molar-refractivity contribution in [3.05, 3.63) is 30.2 Å². The van der Waals surface area contributed by atoms with E-state index in [-0.39, 0.29) is 16.7 Å². The molecule has 3 heterocycles. The minimum absolute atomic E-state index is 0.0967. The minimum Gasteiger partial charge on any atom is -0.412 e. The number of rotatable bonds is 8. The van der Waals surface area contributed by atoms with Crippen molar-refractivity contribution in [1.29, 1.82) is 0 Å². The first kappa shape index (κ1) is 22.9. The molecule has 0 radical (unpaired) electrons. The van der Waals surface area contributed by atoms with E-state index < -0.39 is 15.9 Å². The molecule has 1 N–H and O–H groups in total. The Labute approximate surface area is 189 Å². The van der Waals surface area contributed by atoms with Crippen molar-refractivity contribution < 1.29 is 17.6 Å². The molecule has 9 nitrogen and oxygen atoms in total. The Hall–Kier alpha value is -2.30. The molecule has 0 saturated carbocycles. The van der Waals surface area contributed by atoms with Gasteiger partial charge in [0.2, 0.25) is 15.9 Å². The molecule has 0 spiro atoms. The smallest absolute Gasteiger partial charge is 0.308 e. The van der Waals surface area contributed by atoms with Gasteiger partial charge in [0.05, 0.1) is 4.90 Å². The maximum atomic E-state index is 12.6. The number of benzene rings is 1. The summed E-state index contributed by atoms with van der Waals surface area (Å²) in [6.45, 7) is 7.18. The van der Waals surface area contributed by atoms with Crippen LogP contribution in [0.2, 0.25) is 0 Å². The van der Waals surface area contributed by atoms with Crippen LogP contribution in [-0.2, 0) is 10.0 Å². The van der Waals surface area contributed by atoms with Gasteiger partial charge in [0.25, 0.3) is 0 Å². The Morgan fingerprint density at radius 2 is 1.78 bits per heavy atom. The summed E-state index contributed by atoms with van der Waals surface area (Å²) < 4.78 is 32.3. The van der Waals surface area contributed by atoms with Gasteiger partial charge in [0, 0.05) is 25.2 Å². The molecule has 2 fully saturated rings. The van der Waals surface area contributed by atoms with E-state index >= 15 is 0 Å². The number of hydrogen-bond acceptors (Lipinski definition) is 7. The van der Waals surface area contributed by atoms with Crippen LogP contribution in [0.4, 0.5) is 0 Å². The summed E-state index contributed by atoms with van der Waals surface area (Å²) in [6, 6.07) is 6.32. The number of likely N-dealkylation sites (tertiary alicyclic amines) is 1. The SMILES string of the molecule is CC1CCN(CCCNC(=O)c2nnc(-c3ccc(S(=O)(=O)N4CCCC4)cc3)o2)CC1. The summed E-state index contributed by atoms with van der Waals surface area (Å²) in [5.41, 5.74) is 0.566. The number of sulfonamides is 1. The Kier molecular flexibility index (Phi) is 7.22. The molecule has 0 unspecified atom stereocenters. The zero-order chi connectivity index (χ0) is 22.6. The fraction of sp³-hybridized carbons (Fsp3) is 0.591. The summed E-state index contributed by atoms with van der Waals surface area (Å²) in [6.07, 6.45) is 5.13. The van der Waals surface area contributed by atoms with Crippen LogP contribution in [-0.4, -0.2) is 73.0 Å². The predicted octanol–water partition coefficient (Wildman–Crippen LogP) is 2.37. The first-order valence-electron chi connectivity index (χ1n) is 11.4. The fourth-order valence-electron chi connectivity index (χ4n) is 4.14. The third kappa shape index (κ3) is 5.36. The number of nitrogens with zero attached hydrogens (tertiary/aromatic N) is 4. The summed E-state index contributed by atoms with van der Waals surface area (Å²) in [4.78, 5) is 15.0. The van der Waals surface area contributed by atoms with Crippen molar-refractivity contribution >= 4 is 15.9 Å². The second-order valence-corrected chi connectivity index (χ2v) is 10.6. The van der Waals surface area contributed by atoms with Crippen molar-refractivity contribution in [3.63, 3.8) is 0 Å². The maximum Gasteiger partial charge on any atom is 0.308 e. The highest BCUT2D eigenvalue weighted by molar-refractivity contribution is 7.89. The molecule has 0 atom stereocenters.